The van der Waals surface area contributed by atoms with Crippen LogP contribution < -0.4 is 5.32 Å². The van der Waals surface area contributed by atoms with Crippen LogP contribution in [-0.4, -0.2) is 56.9 Å². The van der Waals surface area contributed by atoms with Crippen LogP contribution in [0.5, 0.6) is 0 Å². The average Bonchev–Trinajstić information content (AvgIpc) is 2.96. The van der Waals surface area contributed by atoms with Gasteiger partial charge in [-0.2, -0.15) is 4.31 Å². The molecule has 1 aliphatic heterocycles. The lowest BCUT2D eigenvalue weighted by Crippen LogP contribution is -2.34. The molecule has 0 aromatic carbocycles. The third kappa shape index (κ3) is 3.48. The van der Waals surface area contributed by atoms with E-state index in [0.717, 1.165) is 17.8 Å². The first-order valence-electron chi connectivity index (χ1n) is 7.44. The van der Waals surface area contributed by atoms with Crippen LogP contribution in [0.25, 0.3) is 0 Å². The van der Waals surface area contributed by atoms with Crippen molar-refractivity contribution in [3.63, 3.8) is 0 Å². The first kappa shape index (κ1) is 15.4. The predicted octanol–water partition coefficient (Wildman–Crippen LogP) is 1.32. The van der Waals surface area contributed by atoms with Gasteiger partial charge in [0.15, 0.2) is 0 Å². The molecular formula is C14H23N3O2S2. The van der Waals surface area contributed by atoms with Gasteiger partial charge in [0.05, 0.1) is 4.90 Å². The summed E-state index contributed by atoms with van der Waals surface area (Å²) < 4.78 is 26.9. The molecule has 0 amide bonds. The van der Waals surface area contributed by atoms with E-state index in [4.69, 9.17) is 0 Å². The number of nitrogens with zero attached hydrogens (tertiary/aromatic N) is 2. The van der Waals surface area contributed by atoms with E-state index in [1.165, 1.54) is 24.2 Å². The summed E-state index contributed by atoms with van der Waals surface area (Å²) in [6.07, 6.45) is 3.40. The van der Waals surface area contributed by atoms with Crippen LogP contribution >= 0.6 is 11.3 Å². The molecule has 1 N–H and O–H groups in total. The van der Waals surface area contributed by atoms with Crippen molar-refractivity contribution in [1.29, 1.82) is 0 Å². The second-order valence-corrected chi connectivity index (χ2v) is 9.11. The van der Waals surface area contributed by atoms with Crippen LogP contribution in [0.4, 0.5) is 0 Å². The Morgan fingerprint density at radius 1 is 1.38 bits per heavy atom. The molecule has 21 heavy (non-hydrogen) atoms. The van der Waals surface area contributed by atoms with E-state index >= 15 is 0 Å². The Hall–Kier alpha value is -0.470. The number of thiophene rings is 1. The summed E-state index contributed by atoms with van der Waals surface area (Å²) in [5.74, 6) is 0. The number of hydrogen-bond acceptors (Lipinski definition) is 5. The maximum absolute atomic E-state index is 12.7. The van der Waals surface area contributed by atoms with Gasteiger partial charge in [-0.1, -0.05) is 0 Å². The molecule has 1 saturated carbocycles. The average molecular weight is 329 g/mol. The van der Waals surface area contributed by atoms with Gasteiger partial charge in [-0.25, -0.2) is 8.42 Å². The first-order chi connectivity index (χ1) is 9.96. The highest BCUT2D eigenvalue weighted by molar-refractivity contribution is 7.89. The van der Waals surface area contributed by atoms with E-state index in [0.29, 0.717) is 30.1 Å². The molecule has 3 rings (SSSR count). The van der Waals surface area contributed by atoms with E-state index < -0.39 is 10.0 Å². The molecule has 1 aromatic rings. The zero-order valence-corrected chi connectivity index (χ0v) is 14.2. The van der Waals surface area contributed by atoms with Crippen LogP contribution in [0.1, 0.15) is 24.1 Å². The number of sulfonamides is 1. The summed E-state index contributed by atoms with van der Waals surface area (Å²) in [4.78, 5) is 3.66. The standard InChI is InChI=1S/C14H23N3O2S2/c1-16(2)12-5-6-17(9-12)21(18,19)14-7-13(20-10-14)8-15-11-3-4-11/h7,10-12,15H,3-6,8-9H2,1-2H3. The van der Waals surface area contributed by atoms with Gasteiger partial charge >= 0.3 is 0 Å². The third-order valence-electron chi connectivity index (χ3n) is 4.27. The monoisotopic (exact) mass is 329 g/mol. The van der Waals surface area contributed by atoms with E-state index in [1.807, 2.05) is 20.2 Å². The molecule has 0 radical (unpaired) electrons. The molecule has 2 heterocycles. The van der Waals surface area contributed by atoms with Gasteiger partial charge in [0.25, 0.3) is 0 Å². The van der Waals surface area contributed by atoms with Crippen molar-refractivity contribution in [2.75, 3.05) is 27.2 Å². The van der Waals surface area contributed by atoms with Crippen molar-refractivity contribution >= 4 is 21.4 Å². The molecule has 2 fully saturated rings. The maximum Gasteiger partial charge on any atom is 0.243 e. The zero-order valence-electron chi connectivity index (χ0n) is 12.6. The molecule has 1 aliphatic carbocycles. The highest BCUT2D eigenvalue weighted by atomic mass is 32.2. The summed E-state index contributed by atoms with van der Waals surface area (Å²) in [5.41, 5.74) is 0. The molecule has 1 atom stereocenters. The lowest BCUT2D eigenvalue weighted by atomic mass is 10.2. The smallest absolute Gasteiger partial charge is 0.243 e. The summed E-state index contributed by atoms with van der Waals surface area (Å²) in [7, 11) is 0.696. The minimum Gasteiger partial charge on any atom is -0.309 e. The largest absolute Gasteiger partial charge is 0.309 e. The van der Waals surface area contributed by atoms with Crippen molar-refractivity contribution in [2.45, 2.75) is 42.8 Å². The quantitative estimate of drug-likeness (QED) is 0.855. The Morgan fingerprint density at radius 3 is 2.76 bits per heavy atom. The third-order valence-corrected chi connectivity index (χ3v) is 7.20. The minimum absolute atomic E-state index is 0.328. The fraction of sp³-hybridized carbons (Fsp3) is 0.714. The Labute approximate surface area is 131 Å². The lowest BCUT2D eigenvalue weighted by molar-refractivity contribution is 0.302. The van der Waals surface area contributed by atoms with E-state index in [2.05, 4.69) is 10.2 Å². The lowest BCUT2D eigenvalue weighted by Gasteiger charge is -2.19. The van der Waals surface area contributed by atoms with Crippen LogP contribution in [-0.2, 0) is 16.6 Å². The van der Waals surface area contributed by atoms with Crippen LogP contribution in [0, 0.1) is 0 Å². The molecule has 118 valence electrons. The molecule has 2 aliphatic rings. The van der Waals surface area contributed by atoms with Crippen LogP contribution in [0.15, 0.2) is 16.3 Å². The van der Waals surface area contributed by atoms with E-state index in [1.54, 1.807) is 9.69 Å². The fourth-order valence-electron chi connectivity index (χ4n) is 2.62. The Kier molecular flexibility index (Phi) is 4.38. The summed E-state index contributed by atoms with van der Waals surface area (Å²) in [6.45, 7) is 2.00. The number of nitrogens with one attached hydrogen (secondary N) is 1. The van der Waals surface area contributed by atoms with Crippen molar-refractivity contribution < 1.29 is 8.42 Å². The second kappa shape index (κ2) is 5.96. The van der Waals surface area contributed by atoms with Gasteiger partial charge in [0.1, 0.15) is 0 Å². The van der Waals surface area contributed by atoms with Crippen LogP contribution in [0.2, 0.25) is 0 Å². The van der Waals surface area contributed by atoms with Crippen molar-refractivity contribution in [2.24, 2.45) is 0 Å². The normalized spacial score (nSPS) is 24.0. The minimum atomic E-state index is -3.32. The van der Waals surface area contributed by atoms with Gasteiger partial charge in [0.2, 0.25) is 10.0 Å². The highest BCUT2D eigenvalue weighted by Gasteiger charge is 2.33. The highest BCUT2D eigenvalue weighted by Crippen LogP contribution is 2.27. The van der Waals surface area contributed by atoms with Gasteiger partial charge in [-0.15, -0.1) is 11.3 Å². The molecular weight excluding hydrogens is 306 g/mol. The van der Waals surface area contributed by atoms with E-state index in [9.17, 15) is 8.42 Å². The Balaban J connectivity index is 1.66. The molecule has 1 saturated heterocycles. The Morgan fingerprint density at radius 2 is 2.14 bits per heavy atom. The fourth-order valence-corrected chi connectivity index (χ4v) is 5.33. The molecule has 7 heteroatoms. The molecule has 5 nitrogen and oxygen atoms in total. The Bertz CT molecular complexity index is 593. The van der Waals surface area contributed by atoms with Gasteiger partial charge in [-0.05, 0) is 39.4 Å². The van der Waals surface area contributed by atoms with Gasteiger partial charge < -0.3 is 10.2 Å². The zero-order chi connectivity index (χ0) is 15.0. The van der Waals surface area contributed by atoms with Crippen molar-refractivity contribution in [3.8, 4) is 0 Å². The molecule has 0 bridgehead atoms. The van der Waals surface area contributed by atoms with Crippen molar-refractivity contribution in [3.05, 3.63) is 16.3 Å². The van der Waals surface area contributed by atoms with E-state index in [-0.39, 0.29) is 0 Å². The molecule has 1 unspecified atom stereocenters. The molecule has 1 aromatic heterocycles. The molecule has 0 spiro atoms. The van der Waals surface area contributed by atoms with Gasteiger partial charge in [0, 0.05) is 42.0 Å². The predicted molar refractivity (Wildman–Crippen MR) is 85.0 cm³/mol. The van der Waals surface area contributed by atoms with Crippen molar-refractivity contribution in [1.82, 2.24) is 14.5 Å². The topological polar surface area (TPSA) is 52.7 Å². The summed E-state index contributed by atoms with van der Waals surface area (Å²) >= 11 is 1.53. The maximum atomic E-state index is 12.7. The number of likely N-dealkylation sites (N-methyl/N-ethyl adjacent to an activating group) is 1. The number of hydrogen-bond donors (Lipinski definition) is 1. The SMILES string of the molecule is CN(C)C1CCN(S(=O)(=O)c2csc(CNC3CC3)c2)C1. The van der Waals surface area contributed by atoms with Crippen LogP contribution in [0.3, 0.4) is 0 Å². The first-order valence-corrected chi connectivity index (χ1v) is 9.76. The summed E-state index contributed by atoms with van der Waals surface area (Å²) in [6, 6.07) is 2.80. The van der Waals surface area contributed by atoms with Gasteiger partial charge in [-0.3, -0.25) is 0 Å². The number of rotatable bonds is 6. The summed E-state index contributed by atoms with van der Waals surface area (Å²) in [5, 5.41) is 5.20. The second-order valence-electron chi connectivity index (χ2n) is 6.17.